The molecule has 2 heterocycles. The first kappa shape index (κ1) is 22.0. The van der Waals surface area contributed by atoms with Crippen LogP contribution in [0.5, 0.6) is 5.75 Å². The Labute approximate surface area is 194 Å². The zero-order chi connectivity index (χ0) is 23.5. The molecule has 4 rings (SSSR count). The van der Waals surface area contributed by atoms with Crippen LogP contribution >= 0.6 is 12.2 Å². The molecule has 0 unspecified atom stereocenters. The predicted octanol–water partition coefficient (Wildman–Crippen LogP) is 3.87. The van der Waals surface area contributed by atoms with Crippen molar-refractivity contribution in [2.75, 3.05) is 11.5 Å². The van der Waals surface area contributed by atoms with Gasteiger partial charge in [0.05, 0.1) is 17.9 Å². The predicted molar refractivity (Wildman–Crippen MR) is 125 cm³/mol. The number of benzene rings is 2. The van der Waals surface area contributed by atoms with Gasteiger partial charge in [0.2, 0.25) is 0 Å². The maximum atomic E-state index is 13.1. The molecule has 0 bridgehead atoms. The van der Waals surface area contributed by atoms with Gasteiger partial charge in [-0.25, -0.2) is 4.79 Å². The van der Waals surface area contributed by atoms with Crippen molar-refractivity contribution in [2.45, 2.75) is 6.92 Å². The fourth-order valence-electron chi connectivity index (χ4n) is 3.35. The van der Waals surface area contributed by atoms with Crippen LogP contribution in [0, 0.1) is 0 Å². The lowest BCUT2D eigenvalue weighted by Crippen LogP contribution is -2.54. The van der Waals surface area contributed by atoms with E-state index in [9.17, 15) is 19.5 Å². The second-order valence-electron chi connectivity index (χ2n) is 6.94. The summed E-state index contributed by atoms with van der Waals surface area (Å²) in [6.45, 7) is 2.37. The molecule has 0 saturated carbocycles. The van der Waals surface area contributed by atoms with E-state index in [1.807, 2.05) is 6.92 Å². The van der Waals surface area contributed by atoms with Crippen LogP contribution in [0.4, 0.5) is 5.69 Å². The summed E-state index contributed by atoms with van der Waals surface area (Å²) in [7, 11) is 0. The van der Waals surface area contributed by atoms with Crippen LogP contribution in [0.25, 0.3) is 17.4 Å². The molecule has 1 saturated heterocycles. The number of thiocarbonyl (C=S) groups is 1. The molecule has 0 atom stereocenters. The second-order valence-corrected chi connectivity index (χ2v) is 7.32. The fraction of sp³-hybridized carbons (Fsp3) is 0.0833. The van der Waals surface area contributed by atoms with E-state index in [0.29, 0.717) is 29.4 Å². The van der Waals surface area contributed by atoms with Crippen LogP contribution in [0.2, 0.25) is 0 Å². The van der Waals surface area contributed by atoms with E-state index in [4.69, 9.17) is 21.4 Å². The lowest BCUT2D eigenvalue weighted by Gasteiger charge is -2.28. The third-order valence-electron chi connectivity index (χ3n) is 4.84. The maximum Gasteiger partial charge on any atom is 0.336 e. The number of carboxylic acid groups (broad SMARTS) is 1. The van der Waals surface area contributed by atoms with Gasteiger partial charge in [-0.1, -0.05) is 18.2 Å². The van der Waals surface area contributed by atoms with E-state index in [1.54, 1.807) is 54.6 Å². The molecule has 2 aromatic carbocycles. The van der Waals surface area contributed by atoms with Gasteiger partial charge in [-0.15, -0.1) is 0 Å². The summed E-state index contributed by atoms with van der Waals surface area (Å²) in [5.74, 6) is -1.22. The maximum absolute atomic E-state index is 13.1. The molecular weight excluding hydrogens is 444 g/mol. The van der Waals surface area contributed by atoms with Crippen LogP contribution in [-0.2, 0) is 9.59 Å². The van der Waals surface area contributed by atoms with Crippen molar-refractivity contribution in [3.63, 3.8) is 0 Å². The molecule has 166 valence electrons. The normalized spacial score (nSPS) is 15.0. The van der Waals surface area contributed by atoms with Crippen molar-refractivity contribution in [1.29, 1.82) is 0 Å². The number of amides is 2. The molecule has 1 aromatic heterocycles. The first-order valence-corrected chi connectivity index (χ1v) is 10.4. The van der Waals surface area contributed by atoms with Crippen molar-refractivity contribution >= 4 is 46.9 Å². The zero-order valence-corrected chi connectivity index (χ0v) is 18.2. The minimum Gasteiger partial charge on any atom is -0.494 e. The largest absolute Gasteiger partial charge is 0.494 e. The monoisotopic (exact) mass is 462 g/mol. The Morgan fingerprint density at radius 2 is 1.85 bits per heavy atom. The van der Waals surface area contributed by atoms with E-state index in [0.717, 1.165) is 0 Å². The number of carboxylic acids is 1. The Bertz CT molecular complexity index is 1290. The lowest BCUT2D eigenvalue weighted by molar-refractivity contribution is -0.122. The van der Waals surface area contributed by atoms with Crippen LogP contribution in [0.3, 0.4) is 0 Å². The standard InChI is InChI=1S/C24H18N2O6S/c1-2-31-15-9-7-14(8-10-15)26-22(28)19(21(27)25-24(26)33)13-16-11-12-20(32-16)17-5-3-4-6-18(17)23(29)30/h3-13H,2H2,1H3,(H,29,30)(H,25,27,33)/b19-13+. The number of carbonyl (C=O) groups is 3. The van der Waals surface area contributed by atoms with E-state index in [1.165, 1.54) is 17.0 Å². The summed E-state index contributed by atoms with van der Waals surface area (Å²) in [5, 5.41) is 11.9. The van der Waals surface area contributed by atoms with Crippen molar-refractivity contribution in [1.82, 2.24) is 5.32 Å². The molecule has 2 amide bonds. The molecule has 33 heavy (non-hydrogen) atoms. The molecular formula is C24H18N2O6S. The minimum atomic E-state index is -1.09. The van der Waals surface area contributed by atoms with Crippen molar-refractivity contribution < 1.29 is 28.6 Å². The Kier molecular flexibility index (Phi) is 6.05. The summed E-state index contributed by atoms with van der Waals surface area (Å²) in [4.78, 5) is 38.3. The number of nitrogens with zero attached hydrogens (tertiary/aromatic N) is 1. The molecule has 0 aliphatic carbocycles. The van der Waals surface area contributed by atoms with Crippen LogP contribution in [0.15, 0.2) is 70.7 Å². The summed E-state index contributed by atoms with van der Waals surface area (Å²) < 4.78 is 11.1. The Hall–Kier alpha value is -4.24. The van der Waals surface area contributed by atoms with Gasteiger partial charge in [0.25, 0.3) is 11.8 Å². The quantitative estimate of drug-likeness (QED) is 0.325. The first-order valence-electron chi connectivity index (χ1n) is 9.96. The summed E-state index contributed by atoms with van der Waals surface area (Å²) >= 11 is 5.21. The second kappa shape index (κ2) is 9.09. The Morgan fingerprint density at radius 1 is 1.12 bits per heavy atom. The number of hydrogen-bond acceptors (Lipinski definition) is 6. The van der Waals surface area contributed by atoms with Crippen LogP contribution in [0.1, 0.15) is 23.0 Å². The molecule has 0 radical (unpaired) electrons. The smallest absolute Gasteiger partial charge is 0.336 e. The average molecular weight is 462 g/mol. The van der Waals surface area contributed by atoms with Crippen LogP contribution in [-0.4, -0.2) is 34.6 Å². The summed E-state index contributed by atoms with van der Waals surface area (Å²) in [6.07, 6.45) is 1.30. The number of anilines is 1. The Morgan fingerprint density at radius 3 is 2.55 bits per heavy atom. The van der Waals surface area contributed by atoms with Crippen molar-refractivity contribution in [3.05, 3.63) is 77.6 Å². The molecule has 8 nitrogen and oxygen atoms in total. The third kappa shape index (κ3) is 4.39. The highest BCUT2D eigenvalue weighted by Crippen LogP contribution is 2.28. The van der Waals surface area contributed by atoms with Gasteiger partial charge in [-0.3, -0.25) is 19.8 Å². The lowest BCUT2D eigenvalue weighted by atomic mass is 10.1. The topological polar surface area (TPSA) is 109 Å². The Balaban J connectivity index is 1.65. The van der Waals surface area contributed by atoms with Gasteiger partial charge in [-0.2, -0.15) is 0 Å². The fourth-order valence-corrected chi connectivity index (χ4v) is 3.63. The summed E-state index contributed by atoms with van der Waals surface area (Å²) in [6, 6.07) is 16.2. The molecule has 1 aliphatic rings. The van der Waals surface area contributed by atoms with Gasteiger partial charge in [0, 0.05) is 5.56 Å². The van der Waals surface area contributed by atoms with E-state index >= 15 is 0 Å². The van der Waals surface area contributed by atoms with Crippen LogP contribution < -0.4 is 15.0 Å². The van der Waals surface area contributed by atoms with E-state index in [-0.39, 0.29) is 22.0 Å². The molecule has 2 N–H and O–H groups in total. The zero-order valence-electron chi connectivity index (χ0n) is 17.4. The van der Waals surface area contributed by atoms with Gasteiger partial charge in [0.1, 0.15) is 22.8 Å². The number of furan rings is 1. The number of rotatable bonds is 6. The SMILES string of the molecule is CCOc1ccc(N2C(=O)/C(=C/c3ccc(-c4ccccc4C(=O)O)o3)C(=O)NC2=S)cc1. The highest BCUT2D eigenvalue weighted by molar-refractivity contribution is 7.80. The van der Waals surface area contributed by atoms with Gasteiger partial charge < -0.3 is 14.3 Å². The number of hydrogen-bond donors (Lipinski definition) is 2. The van der Waals surface area contributed by atoms with Gasteiger partial charge in [0.15, 0.2) is 5.11 Å². The highest BCUT2D eigenvalue weighted by Gasteiger charge is 2.34. The molecule has 3 aromatic rings. The summed E-state index contributed by atoms with van der Waals surface area (Å²) in [5.41, 5.74) is 0.746. The minimum absolute atomic E-state index is 0.0400. The van der Waals surface area contributed by atoms with Gasteiger partial charge in [-0.05, 0) is 67.7 Å². The average Bonchev–Trinajstić information content (AvgIpc) is 3.26. The van der Waals surface area contributed by atoms with E-state index < -0.39 is 17.8 Å². The number of carbonyl (C=O) groups excluding carboxylic acids is 2. The van der Waals surface area contributed by atoms with Gasteiger partial charge >= 0.3 is 5.97 Å². The number of nitrogens with one attached hydrogen (secondary N) is 1. The van der Waals surface area contributed by atoms with Crippen molar-refractivity contribution in [2.24, 2.45) is 0 Å². The van der Waals surface area contributed by atoms with Crippen molar-refractivity contribution in [3.8, 4) is 17.1 Å². The number of ether oxygens (including phenoxy) is 1. The molecule has 9 heteroatoms. The molecule has 1 fully saturated rings. The molecule has 1 aliphatic heterocycles. The first-order chi connectivity index (χ1) is 15.9. The highest BCUT2D eigenvalue weighted by atomic mass is 32.1. The third-order valence-corrected chi connectivity index (χ3v) is 5.13. The number of aromatic carboxylic acids is 1. The molecule has 0 spiro atoms. The van der Waals surface area contributed by atoms with E-state index in [2.05, 4.69) is 5.32 Å².